The zero-order valence-corrected chi connectivity index (χ0v) is 16.2. The van der Waals surface area contributed by atoms with Crippen molar-refractivity contribution in [2.24, 2.45) is 7.05 Å². The quantitative estimate of drug-likeness (QED) is 0.541. The van der Waals surface area contributed by atoms with E-state index in [1.807, 2.05) is 42.8 Å². The molecule has 1 amide bonds. The number of aromatic nitrogens is 6. The van der Waals surface area contributed by atoms with Gasteiger partial charge in [-0.1, -0.05) is 23.7 Å². The fourth-order valence-corrected chi connectivity index (χ4v) is 3.19. The van der Waals surface area contributed by atoms with Crippen molar-refractivity contribution in [2.75, 3.05) is 6.54 Å². The highest BCUT2D eigenvalue weighted by molar-refractivity contribution is 6.33. The molecule has 3 heterocycles. The van der Waals surface area contributed by atoms with Crippen molar-refractivity contribution in [2.45, 2.75) is 13.3 Å². The second-order valence-electron chi connectivity index (χ2n) is 6.38. The van der Waals surface area contributed by atoms with E-state index in [0.717, 1.165) is 11.4 Å². The minimum atomic E-state index is -0.216. The molecule has 9 heteroatoms. The lowest BCUT2D eigenvalue weighted by molar-refractivity contribution is 0.0954. The summed E-state index contributed by atoms with van der Waals surface area (Å²) in [6.07, 6.45) is 2.10. The van der Waals surface area contributed by atoms with E-state index in [2.05, 4.69) is 30.5 Å². The van der Waals surface area contributed by atoms with Crippen LogP contribution in [0.2, 0.25) is 5.02 Å². The van der Waals surface area contributed by atoms with Crippen LogP contribution in [0, 0.1) is 6.92 Å². The summed E-state index contributed by atoms with van der Waals surface area (Å²) < 4.78 is 1.86. The molecule has 4 rings (SSSR count). The van der Waals surface area contributed by atoms with E-state index in [1.165, 1.54) is 0 Å². The van der Waals surface area contributed by atoms with E-state index in [-0.39, 0.29) is 5.91 Å². The zero-order valence-electron chi connectivity index (χ0n) is 15.4. The van der Waals surface area contributed by atoms with Gasteiger partial charge in [-0.3, -0.25) is 9.89 Å². The summed E-state index contributed by atoms with van der Waals surface area (Å²) in [5, 5.41) is 10.3. The van der Waals surface area contributed by atoms with E-state index in [0.29, 0.717) is 46.4 Å². The lowest BCUT2D eigenvalue weighted by Crippen LogP contribution is -2.26. The Labute approximate surface area is 166 Å². The molecular weight excluding hydrogens is 378 g/mol. The first-order chi connectivity index (χ1) is 13.5. The maximum Gasteiger partial charge on any atom is 0.252 e. The Morgan fingerprint density at radius 3 is 2.86 bits per heavy atom. The molecule has 142 valence electrons. The van der Waals surface area contributed by atoms with E-state index >= 15 is 0 Å². The van der Waals surface area contributed by atoms with Gasteiger partial charge in [-0.05, 0) is 25.1 Å². The van der Waals surface area contributed by atoms with Gasteiger partial charge < -0.3 is 9.88 Å². The van der Waals surface area contributed by atoms with Gasteiger partial charge >= 0.3 is 0 Å². The third-order valence-corrected chi connectivity index (χ3v) is 4.69. The number of hydrogen-bond donors (Lipinski definition) is 2. The van der Waals surface area contributed by atoms with Crippen LogP contribution in [0.4, 0.5) is 0 Å². The monoisotopic (exact) mass is 395 g/mol. The number of nitrogens with zero attached hydrogens (tertiary/aromatic N) is 5. The van der Waals surface area contributed by atoms with Gasteiger partial charge in [0.2, 0.25) is 0 Å². The molecule has 0 aliphatic heterocycles. The maximum absolute atomic E-state index is 12.4. The van der Waals surface area contributed by atoms with Gasteiger partial charge in [0.05, 0.1) is 10.6 Å². The molecule has 0 aliphatic carbocycles. The van der Waals surface area contributed by atoms with Crippen LogP contribution in [0.15, 0.2) is 36.5 Å². The van der Waals surface area contributed by atoms with Gasteiger partial charge in [0.15, 0.2) is 11.5 Å². The number of benzene rings is 1. The third-order valence-electron chi connectivity index (χ3n) is 4.36. The summed E-state index contributed by atoms with van der Waals surface area (Å²) in [6, 6.07) is 9.23. The van der Waals surface area contributed by atoms with Crippen LogP contribution < -0.4 is 5.32 Å². The Kier molecular flexibility index (Phi) is 4.79. The molecule has 0 spiro atoms. The maximum atomic E-state index is 12.4. The van der Waals surface area contributed by atoms with Crippen molar-refractivity contribution in [3.8, 4) is 11.4 Å². The Bertz CT molecular complexity index is 1160. The molecule has 4 aromatic rings. The zero-order chi connectivity index (χ0) is 19.7. The SMILES string of the molecule is Cc1nc(CCNC(=O)c2cnc3c(c2)nc(-c2ccccc2Cl)n3C)n[nH]1. The fourth-order valence-electron chi connectivity index (χ4n) is 2.97. The second-order valence-corrected chi connectivity index (χ2v) is 6.79. The Hall–Kier alpha value is -3.26. The molecule has 0 bridgehead atoms. The number of fused-ring (bicyclic) bond motifs is 1. The number of rotatable bonds is 5. The molecule has 0 atom stereocenters. The van der Waals surface area contributed by atoms with Gasteiger partial charge in [-0.15, -0.1) is 0 Å². The van der Waals surface area contributed by atoms with Gasteiger partial charge in [0, 0.05) is 31.8 Å². The molecule has 2 N–H and O–H groups in total. The third kappa shape index (κ3) is 3.46. The number of halogens is 1. The summed E-state index contributed by atoms with van der Waals surface area (Å²) >= 11 is 6.30. The number of hydrogen-bond acceptors (Lipinski definition) is 5. The number of carbonyl (C=O) groups is 1. The highest BCUT2D eigenvalue weighted by Gasteiger charge is 2.15. The Morgan fingerprint density at radius 2 is 2.11 bits per heavy atom. The van der Waals surface area contributed by atoms with Crippen LogP contribution in [-0.2, 0) is 13.5 Å². The predicted octanol–water partition coefficient (Wildman–Crippen LogP) is 2.69. The average Bonchev–Trinajstić information content (AvgIpc) is 3.25. The van der Waals surface area contributed by atoms with E-state index in [9.17, 15) is 4.79 Å². The smallest absolute Gasteiger partial charge is 0.252 e. The number of carbonyl (C=O) groups excluding carboxylic acids is 1. The summed E-state index contributed by atoms with van der Waals surface area (Å²) in [4.78, 5) is 25.7. The second kappa shape index (κ2) is 7.40. The Morgan fingerprint density at radius 1 is 1.29 bits per heavy atom. The highest BCUT2D eigenvalue weighted by Crippen LogP contribution is 2.28. The molecule has 8 nitrogen and oxygen atoms in total. The molecule has 0 radical (unpaired) electrons. The van der Waals surface area contributed by atoms with E-state index in [1.54, 1.807) is 12.3 Å². The van der Waals surface area contributed by atoms with Gasteiger partial charge in [0.1, 0.15) is 17.2 Å². The van der Waals surface area contributed by atoms with Crippen LogP contribution in [0.25, 0.3) is 22.6 Å². The van der Waals surface area contributed by atoms with Crippen molar-refractivity contribution in [3.63, 3.8) is 0 Å². The van der Waals surface area contributed by atoms with Crippen LogP contribution in [0.5, 0.6) is 0 Å². The molecule has 0 unspecified atom stereocenters. The summed E-state index contributed by atoms with van der Waals surface area (Å²) in [6.45, 7) is 2.26. The van der Waals surface area contributed by atoms with Crippen molar-refractivity contribution in [1.29, 1.82) is 0 Å². The van der Waals surface area contributed by atoms with Crippen LogP contribution in [0.3, 0.4) is 0 Å². The molecule has 3 aromatic heterocycles. The lowest BCUT2D eigenvalue weighted by atomic mass is 10.2. The van der Waals surface area contributed by atoms with Gasteiger partial charge in [-0.25, -0.2) is 15.0 Å². The van der Waals surface area contributed by atoms with Gasteiger partial charge in [0.25, 0.3) is 5.91 Å². The van der Waals surface area contributed by atoms with Crippen LogP contribution in [-0.4, -0.2) is 42.2 Å². The molecule has 0 saturated carbocycles. The number of pyridine rings is 1. The molecule has 28 heavy (non-hydrogen) atoms. The molecule has 0 aliphatic rings. The number of nitrogens with one attached hydrogen (secondary N) is 2. The van der Waals surface area contributed by atoms with E-state index in [4.69, 9.17) is 11.6 Å². The minimum absolute atomic E-state index is 0.216. The largest absolute Gasteiger partial charge is 0.352 e. The number of aryl methyl sites for hydroxylation is 2. The van der Waals surface area contributed by atoms with Gasteiger partial charge in [-0.2, -0.15) is 5.10 Å². The highest BCUT2D eigenvalue weighted by atomic mass is 35.5. The average molecular weight is 396 g/mol. The van der Waals surface area contributed by atoms with Crippen LogP contribution in [0.1, 0.15) is 22.0 Å². The standard InChI is InChI=1S/C19H18ClN7O/c1-11-23-16(26-25-11)7-8-21-19(28)12-9-15-18(22-10-12)27(2)17(24-15)13-5-3-4-6-14(13)20/h3-6,9-10H,7-8H2,1-2H3,(H,21,28)(H,23,25,26). The number of H-pyrrole nitrogens is 1. The fraction of sp³-hybridized carbons (Fsp3) is 0.211. The molecule has 1 aromatic carbocycles. The lowest BCUT2D eigenvalue weighted by Gasteiger charge is -2.04. The van der Waals surface area contributed by atoms with Crippen molar-refractivity contribution in [3.05, 3.63) is 58.8 Å². The molecule has 0 saturated heterocycles. The first-order valence-electron chi connectivity index (χ1n) is 8.76. The normalized spacial score (nSPS) is 11.1. The Balaban J connectivity index is 1.54. The summed E-state index contributed by atoms with van der Waals surface area (Å²) in [5.74, 6) is 1.90. The summed E-state index contributed by atoms with van der Waals surface area (Å²) in [7, 11) is 1.87. The number of amides is 1. The first kappa shape index (κ1) is 18.1. The predicted molar refractivity (Wildman–Crippen MR) is 106 cm³/mol. The van der Waals surface area contributed by atoms with Crippen molar-refractivity contribution in [1.82, 2.24) is 35.0 Å². The molecular formula is C19H18ClN7O. The first-order valence-corrected chi connectivity index (χ1v) is 9.14. The summed E-state index contributed by atoms with van der Waals surface area (Å²) in [5.41, 5.74) is 2.58. The molecule has 0 fully saturated rings. The van der Waals surface area contributed by atoms with E-state index < -0.39 is 0 Å². The number of aromatic amines is 1. The van der Waals surface area contributed by atoms with Crippen LogP contribution >= 0.6 is 11.6 Å². The van der Waals surface area contributed by atoms with Crippen molar-refractivity contribution < 1.29 is 4.79 Å². The minimum Gasteiger partial charge on any atom is -0.352 e. The number of imidazole rings is 1. The van der Waals surface area contributed by atoms with Crippen molar-refractivity contribution >= 4 is 28.7 Å². The topological polar surface area (TPSA) is 101 Å².